The number of nitrogens with one attached hydrogen (secondary N) is 1. The third-order valence-corrected chi connectivity index (χ3v) is 2.91. The number of aromatic carboxylic acids is 1. The number of unbranched alkanes of at least 4 members (excludes halogenated alkanes) is 1. The van der Waals surface area contributed by atoms with E-state index in [1.54, 1.807) is 0 Å². The van der Waals surface area contributed by atoms with Crippen LogP contribution in [0.2, 0.25) is 0 Å². The molecule has 0 saturated carbocycles. The Balaban J connectivity index is 2.21. The molecular formula is C11H17NO3S. The highest BCUT2D eigenvalue weighted by atomic mass is 32.2. The van der Waals surface area contributed by atoms with Crippen LogP contribution in [0.1, 0.15) is 29.0 Å². The second-order valence-electron chi connectivity index (χ2n) is 3.44. The van der Waals surface area contributed by atoms with Gasteiger partial charge in [-0.25, -0.2) is 4.79 Å². The van der Waals surface area contributed by atoms with E-state index in [-0.39, 0.29) is 5.56 Å². The highest BCUT2D eigenvalue weighted by molar-refractivity contribution is 7.98. The summed E-state index contributed by atoms with van der Waals surface area (Å²) >= 11 is 1.84. The maximum Gasteiger partial charge on any atom is 0.339 e. The molecule has 0 fully saturated rings. The second kappa shape index (κ2) is 7.35. The minimum absolute atomic E-state index is 0.247. The van der Waals surface area contributed by atoms with Crippen LogP contribution in [0.5, 0.6) is 0 Å². The third-order valence-electron chi connectivity index (χ3n) is 2.21. The van der Waals surface area contributed by atoms with Crippen molar-refractivity contribution in [3.05, 3.63) is 23.7 Å². The third kappa shape index (κ3) is 4.28. The maximum absolute atomic E-state index is 10.8. The first-order chi connectivity index (χ1) is 7.75. The Hall–Kier alpha value is -0.940. The first kappa shape index (κ1) is 13.1. The zero-order valence-electron chi connectivity index (χ0n) is 9.36. The quantitative estimate of drug-likeness (QED) is 0.685. The van der Waals surface area contributed by atoms with Crippen LogP contribution < -0.4 is 5.32 Å². The fourth-order valence-corrected chi connectivity index (χ4v) is 1.86. The van der Waals surface area contributed by atoms with Crippen LogP contribution in [0.3, 0.4) is 0 Å². The van der Waals surface area contributed by atoms with Gasteiger partial charge in [-0.15, -0.1) is 0 Å². The average molecular weight is 243 g/mol. The van der Waals surface area contributed by atoms with Crippen molar-refractivity contribution in [1.82, 2.24) is 5.32 Å². The van der Waals surface area contributed by atoms with Crippen molar-refractivity contribution < 1.29 is 14.3 Å². The number of rotatable bonds is 8. The second-order valence-corrected chi connectivity index (χ2v) is 4.42. The SMILES string of the molecule is CSCCCCNCc1occc1C(=O)O. The Bertz CT molecular complexity index is 325. The van der Waals surface area contributed by atoms with Crippen molar-refractivity contribution in [2.75, 3.05) is 18.6 Å². The van der Waals surface area contributed by atoms with E-state index in [0.717, 1.165) is 13.0 Å². The predicted octanol–water partition coefficient (Wildman–Crippen LogP) is 2.21. The molecule has 0 aromatic carbocycles. The van der Waals surface area contributed by atoms with Crippen LogP contribution >= 0.6 is 11.8 Å². The Labute approximate surface area is 99.4 Å². The summed E-state index contributed by atoms with van der Waals surface area (Å²) in [5, 5.41) is 12.0. The lowest BCUT2D eigenvalue weighted by atomic mass is 10.2. The van der Waals surface area contributed by atoms with Gasteiger partial charge < -0.3 is 14.8 Å². The van der Waals surface area contributed by atoms with Gasteiger partial charge in [0.25, 0.3) is 0 Å². The van der Waals surface area contributed by atoms with Gasteiger partial charge in [-0.05, 0) is 37.5 Å². The molecule has 0 spiro atoms. The van der Waals surface area contributed by atoms with Crippen LogP contribution in [-0.4, -0.2) is 29.6 Å². The summed E-state index contributed by atoms with van der Waals surface area (Å²) < 4.78 is 5.11. The number of carboxylic acid groups (broad SMARTS) is 1. The fourth-order valence-electron chi connectivity index (χ4n) is 1.37. The maximum atomic E-state index is 10.8. The zero-order valence-corrected chi connectivity index (χ0v) is 10.2. The van der Waals surface area contributed by atoms with Crippen molar-refractivity contribution in [2.24, 2.45) is 0 Å². The van der Waals surface area contributed by atoms with Gasteiger partial charge in [-0.1, -0.05) is 0 Å². The molecule has 2 N–H and O–H groups in total. The first-order valence-corrected chi connectivity index (χ1v) is 6.64. The molecule has 0 aliphatic carbocycles. The van der Waals surface area contributed by atoms with Crippen molar-refractivity contribution >= 4 is 17.7 Å². The summed E-state index contributed by atoms with van der Waals surface area (Å²) in [5.41, 5.74) is 0.247. The fraction of sp³-hybridized carbons (Fsp3) is 0.545. The largest absolute Gasteiger partial charge is 0.478 e. The molecule has 0 bridgehead atoms. The molecule has 0 aliphatic heterocycles. The Morgan fingerprint density at radius 1 is 1.56 bits per heavy atom. The van der Waals surface area contributed by atoms with Gasteiger partial charge in [0.05, 0.1) is 12.8 Å². The normalized spacial score (nSPS) is 10.6. The van der Waals surface area contributed by atoms with E-state index in [1.807, 2.05) is 11.8 Å². The van der Waals surface area contributed by atoms with Crippen molar-refractivity contribution in [3.63, 3.8) is 0 Å². The van der Waals surface area contributed by atoms with E-state index in [4.69, 9.17) is 9.52 Å². The summed E-state index contributed by atoms with van der Waals surface area (Å²) in [5.74, 6) is 0.730. The van der Waals surface area contributed by atoms with Gasteiger partial charge in [0.2, 0.25) is 0 Å². The number of hydrogen-bond acceptors (Lipinski definition) is 4. The molecule has 0 atom stereocenters. The van der Waals surface area contributed by atoms with Gasteiger partial charge in [0.15, 0.2) is 0 Å². The van der Waals surface area contributed by atoms with E-state index >= 15 is 0 Å². The number of carbonyl (C=O) groups is 1. The molecule has 0 aliphatic rings. The average Bonchev–Trinajstić information content (AvgIpc) is 2.71. The van der Waals surface area contributed by atoms with Gasteiger partial charge in [-0.2, -0.15) is 11.8 Å². The highest BCUT2D eigenvalue weighted by Gasteiger charge is 2.12. The van der Waals surface area contributed by atoms with E-state index < -0.39 is 5.97 Å². The standard InChI is InChI=1S/C11H17NO3S/c1-16-7-3-2-5-12-8-10-9(11(13)14)4-6-15-10/h4,6,12H,2-3,5,7-8H2,1H3,(H,13,14). The van der Waals surface area contributed by atoms with Crippen LogP contribution in [0.25, 0.3) is 0 Å². The molecule has 4 nitrogen and oxygen atoms in total. The summed E-state index contributed by atoms with van der Waals surface area (Å²) in [6.07, 6.45) is 5.78. The lowest BCUT2D eigenvalue weighted by Gasteiger charge is -2.03. The van der Waals surface area contributed by atoms with Gasteiger partial charge in [0.1, 0.15) is 11.3 Å². The van der Waals surface area contributed by atoms with E-state index in [9.17, 15) is 4.79 Å². The predicted molar refractivity (Wildman–Crippen MR) is 65.0 cm³/mol. The van der Waals surface area contributed by atoms with Crippen LogP contribution in [0, 0.1) is 0 Å². The molecule has 1 heterocycles. The molecule has 16 heavy (non-hydrogen) atoms. The molecule has 90 valence electrons. The number of thioether (sulfide) groups is 1. The molecule has 5 heteroatoms. The number of carboxylic acids is 1. The van der Waals surface area contributed by atoms with Gasteiger partial charge >= 0.3 is 5.97 Å². The van der Waals surface area contributed by atoms with Gasteiger partial charge in [0, 0.05) is 0 Å². The monoisotopic (exact) mass is 243 g/mol. The minimum Gasteiger partial charge on any atom is -0.478 e. The molecule has 0 radical (unpaired) electrons. The van der Waals surface area contributed by atoms with Crippen molar-refractivity contribution in [2.45, 2.75) is 19.4 Å². The lowest BCUT2D eigenvalue weighted by Crippen LogP contribution is -2.16. The van der Waals surface area contributed by atoms with Crippen molar-refractivity contribution in [1.29, 1.82) is 0 Å². The summed E-state index contributed by atoms with van der Waals surface area (Å²) in [7, 11) is 0. The summed E-state index contributed by atoms with van der Waals surface area (Å²) in [4.78, 5) is 10.8. The van der Waals surface area contributed by atoms with E-state index in [2.05, 4.69) is 11.6 Å². The topological polar surface area (TPSA) is 62.5 Å². The lowest BCUT2D eigenvalue weighted by molar-refractivity contribution is 0.0694. The van der Waals surface area contributed by atoms with Gasteiger partial charge in [-0.3, -0.25) is 0 Å². The Kier molecular flexibility index (Phi) is 6.03. The molecular weight excluding hydrogens is 226 g/mol. The van der Waals surface area contributed by atoms with Crippen molar-refractivity contribution in [3.8, 4) is 0 Å². The van der Waals surface area contributed by atoms with Crippen LogP contribution in [0.4, 0.5) is 0 Å². The van der Waals surface area contributed by atoms with E-state index in [1.165, 1.54) is 24.5 Å². The Morgan fingerprint density at radius 2 is 2.38 bits per heavy atom. The Morgan fingerprint density at radius 3 is 3.06 bits per heavy atom. The molecule has 0 amide bonds. The number of furan rings is 1. The minimum atomic E-state index is -0.937. The molecule has 1 aromatic heterocycles. The summed E-state index contributed by atoms with van der Waals surface area (Å²) in [6, 6.07) is 1.48. The van der Waals surface area contributed by atoms with Crippen LogP contribution in [-0.2, 0) is 6.54 Å². The smallest absolute Gasteiger partial charge is 0.339 e. The molecule has 1 rings (SSSR count). The molecule has 0 unspecified atom stereocenters. The number of hydrogen-bond donors (Lipinski definition) is 2. The molecule has 1 aromatic rings. The van der Waals surface area contributed by atoms with Crippen LogP contribution in [0.15, 0.2) is 16.7 Å². The summed E-state index contributed by atoms with van der Waals surface area (Å²) in [6.45, 7) is 1.37. The molecule has 0 saturated heterocycles. The zero-order chi connectivity index (χ0) is 11.8. The van der Waals surface area contributed by atoms with E-state index in [0.29, 0.717) is 12.3 Å². The highest BCUT2D eigenvalue weighted by Crippen LogP contribution is 2.10. The first-order valence-electron chi connectivity index (χ1n) is 5.25.